The lowest BCUT2D eigenvalue weighted by atomic mass is 10.1. The summed E-state index contributed by atoms with van der Waals surface area (Å²) in [6, 6.07) is 9.05. The molecule has 1 saturated carbocycles. The van der Waals surface area contributed by atoms with Crippen molar-refractivity contribution < 1.29 is 14.0 Å². The van der Waals surface area contributed by atoms with Crippen LogP contribution in [0.4, 0.5) is 11.4 Å². The van der Waals surface area contributed by atoms with Gasteiger partial charge < -0.3 is 19.5 Å². The van der Waals surface area contributed by atoms with Crippen LogP contribution in [-0.2, 0) is 11.3 Å². The molecule has 1 aromatic carbocycles. The fourth-order valence-electron chi connectivity index (χ4n) is 2.95. The van der Waals surface area contributed by atoms with Gasteiger partial charge in [-0.2, -0.15) is 0 Å². The Bertz CT molecular complexity index is 780. The van der Waals surface area contributed by atoms with Crippen molar-refractivity contribution in [2.75, 3.05) is 30.9 Å². The van der Waals surface area contributed by atoms with E-state index in [4.69, 9.17) is 4.42 Å². The Balaban J connectivity index is 1.81. The quantitative estimate of drug-likeness (QED) is 0.827. The number of hydrogen-bond acceptors (Lipinski definition) is 4. The first kappa shape index (κ1) is 18.0. The zero-order chi connectivity index (χ0) is 18.7. The zero-order valence-electron chi connectivity index (χ0n) is 15.5. The lowest BCUT2D eigenvalue weighted by Gasteiger charge is -2.25. The van der Waals surface area contributed by atoms with Crippen LogP contribution < -0.4 is 10.2 Å². The summed E-state index contributed by atoms with van der Waals surface area (Å²) in [6.07, 6.45) is 3.87. The molecule has 0 bridgehead atoms. The van der Waals surface area contributed by atoms with Crippen molar-refractivity contribution in [2.45, 2.75) is 26.3 Å². The van der Waals surface area contributed by atoms with Gasteiger partial charge in [0.1, 0.15) is 0 Å². The van der Waals surface area contributed by atoms with E-state index in [1.54, 1.807) is 19.1 Å². The summed E-state index contributed by atoms with van der Waals surface area (Å²) in [5, 5.41) is 2.85. The number of rotatable bonds is 7. The highest BCUT2D eigenvalue weighted by Gasteiger charge is 2.26. The number of anilines is 2. The molecule has 1 aliphatic carbocycles. The predicted octanol–water partition coefficient (Wildman–Crippen LogP) is 3.36. The molecular formula is C20H25N3O3. The second kappa shape index (κ2) is 7.64. The van der Waals surface area contributed by atoms with E-state index >= 15 is 0 Å². The summed E-state index contributed by atoms with van der Waals surface area (Å²) in [4.78, 5) is 28.2. The number of hydrogen-bond donors (Lipinski definition) is 1. The Morgan fingerprint density at radius 2 is 2.00 bits per heavy atom. The average molecular weight is 355 g/mol. The van der Waals surface area contributed by atoms with Crippen molar-refractivity contribution in [2.24, 2.45) is 5.92 Å². The minimum absolute atomic E-state index is 0.0756. The van der Waals surface area contributed by atoms with Crippen molar-refractivity contribution in [3.63, 3.8) is 0 Å². The molecule has 1 N–H and O–H groups in total. The van der Waals surface area contributed by atoms with E-state index in [0.29, 0.717) is 18.2 Å². The van der Waals surface area contributed by atoms with Crippen LogP contribution in [0, 0.1) is 5.92 Å². The Morgan fingerprint density at radius 1 is 1.23 bits per heavy atom. The van der Waals surface area contributed by atoms with Crippen LogP contribution >= 0.6 is 0 Å². The maximum Gasteiger partial charge on any atom is 0.291 e. The van der Waals surface area contributed by atoms with Crippen LogP contribution in [0.15, 0.2) is 41.0 Å². The van der Waals surface area contributed by atoms with Gasteiger partial charge in [-0.15, -0.1) is 0 Å². The van der Waals surface area contributed by atoms with E-state index in [9.17, 15) is 9.59 Å². The summed E-state index contributed by atoms with van der Waals surface area (Å²) in [6.45, 7) is 2.94. The average Bonchev–Trinajstić information content (AvgIpc) is 3.23. The molecule has 0 radical (unpaired) electrons. The Morgan fingerprint density at radius 3 is 2.58 bits per heavy atom. The minimum Gasteiger partial charge on any atom is -0.459 e. The van der Waals surface area contributed by atoms with Gasteiger partial charge in [-0.1, -0.05) is 0 Å². The molecule has 3 rings (SSSR count). The van der Waals surface area contributed by atoms with Crippen LogP contribution in [0.3, 0.4) is 0 Å². The van der Waals surface area contributed by atoms with Gasteiger partial charge in [0.05, 0.1) is 6.26 Å². The minimum atomic E-state index is -0.292. The number of nitrogens with one attached hydrogen (secondary N) is 1. The Labute approximate surface area is 153 Å². The maximum absolute atomic E-state index is 12.2. The highest BCUT2D eigenvalue weighted by Crippen LogP contribution is 2.31. The molecule has 1 aromatic heterocycles. The fraction of sp³-hybridized carbons (Fsp3) is 0.400. The lowest BCUT2D eigenvalue weighted by Crippen LogP contribution is -2.31. The van der Waals surface area contributed by atoms with Crippen molar-refractivity contribution >= 4 is 23.2 Å². The van der Waals surface area contributed by atoms with Gasteiger partial charge in [0, 0.05) is 45.5 Å². The van der Waals surface area contributed by atoms with Gasteiger partial charge >= 0.3 is 0 Å². The molecule has 0 atom stereocenters. The molecule has 6 heteroatoms. The number of carbonyl (C=O) groups excluding carboxylic acids is 2. The van der Waals surface area contributed by atoms with Gasteiger partial charge in [-0.3, -0.25) is 9.59 Å². The first-order valence-corrected chi connectivity index (χ1v) is 8.84. The SMILES string of the molecule is CC(=O)N(Cc1cc(NC(=O)c2ccco2)ccc1N(C)C)CC1CC1. The van der Waals surface area contributed by atoms with E-state index in [1.807, 2.05) is 42.1 Å². The van der Waals surface area contributed by atoms with Gasteiger partial charge in [0.2, 0.25) is 5.91 Å². The third-order valence-corrected chi connectivity index (χ3v) is 4.55. The summed E-state index contributed by atoms with van der Waals surface area (Å²) < 4.78 is 5.13. The number of furan rings is 1. The van der Waals surface area contributed by atoms with Crippen molar-refractivity contribution in [3.05, 3.63) is 47.9 Å². The third-order valence-electron chi connectivity index (χ3n) is 4.55. The molecule has 2 aromatic rings. The van der Waals surface area contributed by atoms with E-state index in [1.165, 1.54) is 19.1 Å². The first-order chi connectivity index (χ1) is 12.4. The van der Waals surface area contributed by atoms with Crippen LogP contribution in [-0.4, -0.2) is 37.4 Å². The molecule has 138 valence electrons. The second-order valence-corrected chi connectivity index (χ2v) is 7.01. The standard InChI is InChI=1S/C20H25N3O3/c1-14(24)23(12-15-6-7-15)13-16-11-17(8-9-18(16)22(2)3)21-20(25)19-5-4-10-26-19/h4-5,8-11,15H,6-7,12-13H2,1-3H3,(H,21,25). The smallest absolute Gasteiger partial charge is 0.291 e. The topological polar surface area (TPSA) is 65.8 Å². The van der Waals surface area contributed by atoms with E-state index in [2.05, 4.69) is 5.32 Å². The monoisotopic (exact) mass is 355 g/mol. The van der Waals surface area contributed by atoms with Gasteiger partial charge in [0.15, 0.2) is 5.76 Å². The van der Waals surface area contributed by atoms with E-state index in [-0.39, 0.29) is 17.6 Å². The molecule has 2 amide bonds. The molecule has 1 heterocycles. The van der Waals surface area contributed by atoms with E-state index < -0.39 is 0 Å². The number of amides is 2. The summed E-state index contributed by atoms with van der Waals surface area (Å²) in [5.41, 5.74) is 2.72. The molecule has 6 nitrogen and oxygen atoms in total. The number of carbonyl (C=O) groups is 2. The highest BCUT2D eigenvalue weighted by atomic mass is 16.3. The largest absolute Gasteiger partial charge is 0.459 e. The Kier molecular flexibility index (Phi) is 5.30. The molecular weight excluding hydrogens is 330 g/mol. The summed E-state index contributed by atoms with van der Waals surface area (Å²) in [7, 11) is 3.94. The molecule has 0 aliphatic heterocycles. The second-order valence-electron chi connectivity index (χ2n) is 7.01. The number of nitrogens with zero attached hydrogens (tertiary/aromatic N) is 2. The lowest BCUT2D eigenvalue weighted by molar-refractivity contribution is -0.129. The normalized spacial score (nSPS) is 13.3. The molecule has 0 unspecified atom stereocenters. The molecule has 26 heavy (non-hydrogen) atoms. The molecule has 1 aliphatic rings. The van der Waals surface area contributed by atoms with Crippen molar-refractivity contribution in [1.82, 2.24) is 4.90 Å². The van der Waals surface area contributed by atoms with Crippen LogP contribution in [0.2, 0.25) is 0 Å². The molecule has 1 fully saturated rings. The number of benzene rings is 1. The van der Waals surface area contributed by atoms with Gasteiger partial charge in [-0.25, -0.2) is 0 Å². The summed E-state index contributed by atoms with van der Waals surface area (Å²) >= 11 is 0. The van der Waals surface area contributed by atoms with Crippen LogP contribution in [0.25, 0.3) is 0 Å². The summed E-state index contributed by atoms with van der Waals surface area (Å²) in [5.74, 6) is 0.678. The van der Waals surface area contributed by atoms with Gasteiger partial charge in [0.25, 0.3) is 5.91 Å². The van der Waals surface area contributed by atoms with Crippen LogP contribution in [0.1, 0.15) is 35.9 Å². The van der Waals surface area contributed by atoms with E-state index in [0.717, 1.165) is 17.8 Å². The maximum atomic E-state index is 12.2. The van der Waals surface area contributed by atoms with Crippen molar-refractivity contribution in [3.8, 4) is 0 Å². The van der Waals surface area contributed by atoms with Gasteiger partial charge in [-0.05, 0) is 54.7 Å². The van der Waals surface area contributed by atoms with Crippen LogP contribution in [0.5, 0.6) is 0 Å². The zero-order valence-corrected chi connectivity index (χ0v) is 15.5. The third kappa shape index (κ3) is 4.45. The highest BCUT2D eigenvalue weighted by molar-refractivity contribution is 6.02. The first-order valence-electron chi connectivity index (χ1n) is 8.84. The Hall–Kier alpha value is -2.76. The fourth-order valence-corrected chi connectivity index (χ4v) is 2.95. The predicted molar refractivity (Wildman–Crippen MR) is 101 cm³/mol. The van der Waals surface area contributed by atoms with Crippen molar-refractivity contribution in [1.29, 1.82) is 0 Å². The molecule has 0 saturated heterocycles. The molecule has 0 spiro atoms.